The first-order valence-corrected chi connectivity index (χ1v) is 11.2. The van der Waals surface area contributed by atoms with Crippen molar-refractivity contribution in [3.63, 3.8) is 0 Å². The van der Waals surface area contributed by atoms with Crippen molar-refractivity contribution in [1.29, 1.82) is 0 Å². The molecule has 0 saturated carbocycles. The Morgan fingerprint density at radius 2 is 1.69 bits per heavy atom. The van der Waals surface area contributed by atoms with E-state index in [1.54, 1.807) is 14.4 Å². The normalized spacial score (nSPS) is 15.2. The Balaban J connectivity index is 0.000000980. The van der Waals surface area contributed by atoms with Crippen molar-refractivity contribution in [2.75, 3.05) is 0 Å². The fourth-order valence-corrected chi connectivity index (χ4v) is 7.75. The van der Waals surface area contributed by atoms with Gasteiger partial charge in [-0.05, 0) is 0 Å². The molecule has 0 nitrogen and oxygen atoms in total. The molecular formula is C23H18Cl2Zr. The zero-order chi connectivity index (χ0) is 16.1. The quantitative estimate of drug-likeness (QED) is 0.365. The molecule has 0 fully saturated rings. The summed E-state index contributed by atoms with van der Waals surface area (Å²) in [5, 5.41) is 0. The van der Waals surface area contributed by atoms with Gasteiger partial charge in [-0.15, -0.1) is 0 Å². The van der Waals surface area contributed by atoms with E-state index in [4.69, 9.17) is 0 Å². The zero-order valence-corrected chi connectivity index (χ0v) is 18.4. The molecule has 26 heavy (non-hydrogen) atoms. The molecule has 0 bridgehead atoms. The molecule has 128 valence electrons. The van der Waals surface area contributed by atoms with E-state index in [0.717, 1.165) is 6.42 Å². The average molecular weight is 457 g/mol. The summed E-state index contributed by atoms with van der Waals surface area (Å²) in [6, 6.07) is 22.8. The molecule has 0 spiro atoms. The van der Waals surface area contributed by atoms with Gasteiger partial charge in [0.25, 0.3) is 0 Å². The summed E-state index contributed by atoms with van der Waals surface area (Å²) < 4.78 is 2.36. The number of fused-ring (bicyclic) bond motifs is 4. The number of halogens is 2. The maximum absolute atomic E-state index is 2.46. The second-order valence-corrected chi connectivity index (χ2v) is 10.3. The number of hydrogen-bond donors (Lipinski definition) is 0. The van der Waals surface area contributed by atoms with Gasteiger partial charge >= 0.3 is 155 Å². The SMILES string of the molecule is Cc1ccc2c(c1)[CH]([Zr+2][c]1cccc3c1Cc1ccccc1-3)C=C2.[Cl-].[Cl-]. The largest absolute Gasteiger partial charge is 1.00 e. The Bertz CT molecular complexity index is 991. The molecule has 0 radical (unpaired) electrons. The average Bonchev–Trinajstić information content (AvgIpc) is 3.17. The third-order valence-corrected chi connectivity index (χ3v) is 9.13. The second kappa shape index (κ2) is 7.85. The van der Waals surface area contributed by atoms with E-state index in [9.17, 15) is 0 Å². The van der Waals surface area contributed by atoms with Crippen LogP contribution in [0.25, 0.3) is 17.2 Å². The third-order valence-electron chi connectivity index (χ3n) is 5.21. The topological polar surface area (TPSA) is 0 Å². The second-order valence-electron chi connectivity index (χ2n) is 6.78. The van der Waals surface area contributed by atoms with Gasteiger partial charge in [0.1, 0.15) is 0 Å². The zero-order valence-electron chi connectivity index (χ0n) is 14.5. The van der Waals surface area contributed by atoms with Gasteiger partial charge in [-0.1, -0.05) is 0 Å². The monoisotopic (exact) mass is 454 g/mol. The Hall–Kier alpha value is -1.14. The minimum absolute atomic E-state index is 0. The molecule has 3 aromatic carbocycles. The van der Waals surface area contributed by atoms with Crippen LogP contribution in [0, 0.1) is 6.92 Å². The van der Waals surface area contributed by atoms with Crippen LogP contribution in [0.2, 0.25) is 0 Å². The predicted molar refractivity (Wildman–Crippen MR) is 97.3 cm³/mol. The predicted octanol–water partition coefficient (Wildman–Crippen LogP) is -0.950. The molecule has 1 unspecified atom stereocenters. The first-order chi connectivity index (χ1) is 11.8. The molecule has 0 amide bonds. The Morgan fingerprint density at radius 1 is 0.885 bits per heavy atom. The minimum Gasteiger partial charge on any atom is -1.00 e. The van der Waals surface area contributed by atoms with Gasteiger partial charge in [-0.2, -0.15) is 0 Å². The number of hydrogen-bond acceptors (Lipinski definition) is 0. The molecule has 1 atom stereocenters. The molecule has 3 heteroatoms. The van der Waals surface area contributed by atoms with Gasteiger partial charge in [-0.3, -0.25) is 0 Å². The molecule has 2 aliphatic rings. The molecule has 2 aliphatic carbocycles. The van der Waals surface area contributed by atoms with Crippen molar-refractivity contribution in [2.45, 2.75) is 17.0 Å². The van der Waals surface area contributed by atoms with E-state index in [0.29, 0.717) is 3.63 Å². The van der Waals surface area contributed by atoms with Crippen LogP contribution in [0.5, 0.6) is 0 Å². The van der Waals surface area contributed by atoms with Gasteiger partial charge < -0.3 is 24.8 Å². The molecule has 0 saturated heterocycles. The summed E-state index contributed by atoms with van der Waals surface area (Å²) in [7, 11) is 0. The number of rotatable bonds is 2. The van der Waals surface area contributed by atoms with Crippen LogP contribution in [0.3, 0.4) is 0 Å². The van der Waals surface area contributed by atoms with Gasteiger partial charge in [0.15, 0.2) is 0 Å². The van der Waals surface area contributed by atoms with Crippen LogP contribution in [-0.4, -0.2) is 0 Å². The van der Waals surface area contributed by atoms with Crippen LogP contribution < -0.4 is 28.1 Å². The van der Waals surface area contributed by atoms with Crippen molar-refractivity contribution in [3.8, 4) is 11.1 Å². The van der Waals surface area contributed by atoms with Crippen LogP contribution in [-0.2, 0) is 29.7 Å². The summed E-state index contributed by atoms with van der Waals surface area (Å²) >= 11 is -0.715. The van der Waals surface area contributed by atoms with E-state index in [1.165, 1.54) is 27.8 Å². The fourth-order valence-electron chi connectivity index (χ4n) is 4.00. The molecule has 0 aliphatic heterocycles. The van der Waals surface area contributed by atoms with E-state index >= 15 is 0 Å². The first kappa shape index (κ1) is 19.6. The minimum atomic E-state index is -0.715. The molecule has 5 rings (SSSR count). The van der Waals surface area contributed by atoms with Crippen LogP contribution >= 0.6 is 0 Å². The summed E-state index contributed by atoms with van der Waals surface area (Å²) in [5.41, 5.74) is 10.4. The third kappa shape index (κ3) is 3.26. The van der Waals surface area contributed by atoms with Crippen molar-refractivity contribution < 1.29 is 48.0 Å². The maximum Gasteiger partial charge on any atom is -1.00 e. The van der Waals surface area contributed by atoms with Crippen LogP contribution in [0.4, 0.5) is 0 Å². The summed E-state index contributed by atoms with van der Waals surface area (Å²) in [6.45, 7) is 2.21. The molecule has 0 N–H and O–H groups in total. The van der Waals surface area contributed by atoms with Crippen molar-refractivity contribution in [3.05, 3.63) is 94.6 Å². The number of aryl methyl sites for hydroxylation is 1. The Labute approximate surface area is 179 Å². The maximum atomic E-state index is 2.46. The fraction of sp³-hybridized carbons (Fsp3) is 0.130. The number of allylic oxidation sites excluding steroid dienone is 1. The van der Waals surface area contributed by atoms with Crippen molar-refractivity contribution in [2.24, 2.45) is 0 Å². The number of benzene rings is 3. The summed E-state index contributed by atoms with van der Waals surface area (Å²) in [5.74, 6) is 0. The molecule has 0 aromatic heterocycles. The van der Waals surface area contributed by atoms with E-state index in [-0.39, 0.29) is 24.8 Å². The molecule has 0 heterocycles. The van der Waals surface area contributed by atoms with E-state index in [1.807, 2.05) is 0 Å². The summed E-state index contributed by atoms with van der Waals surface area (Å²) in [6.07, 6.45) is 5.91. The van der Waals surface area contributed by atoms with Crippen molar-refractivity contribution in [1.82, 2.24) is 0 Å². The first-order valence-electron chi connectivity index (χ1n) is 8.55. The van der Waals surface area contributed by atoms with Gasteiger partial charge in [0.2, 0.25) is 0 Å². The standard InChI is InChI=1S/C13H9.C10H9.2ClH.Zr/c1-3-7-12-10(5-1)9-11-6-2-4-8-13(11)12;1-8-5-6-9-3-2-4-10(9)7-8;;;/h1-5,7-8H,9H2;2-7H,1H3;2*1H;/q;;;;+2/p-2. The van der Waals surface area contributed by atoms with Crippen molar-refractivity contribution >= 4 is 9.35 Å². The van der Waals surface area contributed by atoms with Gasteiger partial charge in [0.05, 0.1) is 0 Å². The van der Waals surface area contributed by atoms with Crippen LogP contribution in [0.1, 0.15) is 31.4 Å². The Morgan fingerprint density at radius 3 is 2.58 bits per heavy atom. The summed E-state index contributed by atoms with van der Waals surface area (Å²) in [4.78, 5) is 0. The smallest absolute Gasteiger partial charge is 1.00 e. The van der Waals surface area contributed by atoms with E-state index in [2.05, 4.69) is 79.7 Å². The van der Waals surface area contributed by atoms with Gasteiger partial charge in [-0.25, -0.2) is 0 Å². The van der Waals surface area contributed by atoms with Crippen LogP contribution in [0.15, 0.2) is 66.7 Å². The van der Waals surface area contributed by atoms with Gasteiger partial charge in [0, 0.05) is 0 Å². The Kier molecular flexibility index (Phi) is 5.92. The molecular weight excluding hydrogens is 438 g/mol. The molecule has 3 aromatic rings. The van der Waals surface area contributed by atoms with E-state index < -0.39 is 23.2 Å².